The highest BCUT2D eigenvalue weighted by Crippen LogP contribution is 2.45. The van der Waals surface area contributed by atoms with Crippen molar-refractivity contribution < 1.29 is 9.53 Å². The summed E-state index contributed by atoms with van der Waals surface area (Å²) in [7, 11) is 0. The molecule has 2 aliphatic heterocycles. The number of thioether (sulfide) groups is 1. The molecule has 2 aromatic carbocycles. The number of halogens is 3. The van der Waals surface area contributed by atoms with Crippen LogP contribution in [-0.2, 0) is 0 Å². The molecule has 1 saturated heterocycles. The van der Waals surface area contributed by atoms with E-state index in [9.17, 15) is 4.79 Å². The monoisotopic (exact) mass is 557 g/mol. The second kappa shape index (κ2) is 8.91. The lowest BCUT2D eigenvalue weighted by Crippen LogP contribution is -2.54. The van der Waals surface area contributed by atoms with Gasteiger partial charge in [0.05, 0.1) is 10.0 Å². The Labute approximate surface area is 197 Å². The van der Waals surface area contributed by atoms with Gasteiger partial charge >= 0.3 is 0 Å². The van der Waals surface area contributed by atoms with Crippen LogP contribution in [0, 0.1) is 5.92 Å². The predicted octanol–water partition coefficient (Wildman–Crippen LogP) is 6.70. The Bertz CT molecular complexity index is 924. The Kier molecular flexibility index (Phi) is 6.67. The lowest BCUT2D eigenvalue weighted by Gasteiger charge is -2.41. The second-order valence-corrected chi connectivity index (χ2v) is 11.6. The molecule has 0 bridgehead atoms. The zero-order valence-corrected chi connectivity index (χ0v) is 20.8. The highest BCUT2D eigenvalue weighted by molar-refractivity contribution is 9.11. The first kappa shape index (κ1) is 21.7. The SMILES string of the molecule is CC1CCCN(CC2(Sc3ccc(Cl)cc3)COc3c(Br)cc(Br)cc3C2=O)C1. The van der Waals surface area contributed by atoms with Gasteiger partial charge in [-0.15, -0.1) is 11.8 Å². The third-order valence-corrected chi connectivity index (χ3v) is 8.09. The molecule has 7 heteroatoms. The molecule has 2 aromatic rings. The number of hydrogen-bond acceptors (Lipinski definition) is 4. The van der Waals surface area contributed by atoms with Crippen molar-refractivity contribution in [3.63, 3.8) is 0 Å². The van der Waals surface area contributed by atoms with Crippen LogP contribution in [0.4, 0.5) is 0 Å². The van der Waals surface area contributed by atoms with Crippen LogP contribution in [0.25, 0.3) is 0 Å². The molecule has 2 unspecified atom stereocenters. The summed E-state index contributed by atoms with van der Waals surface area (Å²) in [5.41, 5.74) is 0.629. The summed E-state index contributed by atoms with van der Waals surface area (Å²) in [6, 6.07) is 11.5. The fraction of sp³-hybridized carbons (Fsp3) is 0.409. The van der Waals surface area contributed by atoms with E-state index in [-0.39, 0.29) is 5.78 Å². The van der Waals surface area contributed by atoms with E-state index in [1.807, 2.05) is 36.4 Å². The Balaban J connectivity index is 1.71. The number of nitrogens with zero attached hydrogens (tertiary/aromatic N) is 1. The van der Waals surface area contributed by atoms with Crippen LogP contribution in [0.1, 0.15) is 30.1 Å². The third-order valence-electron chi connectivity index (χ3n) is 5.46. The summed E-state index contributed by atoms with van der Waals surface area (Å²) in [6.07, 6.45) is 2.42. The van der Waals surface area contributed by atoms with E-state index in [0.717, 1.165) is 26.9 Å². The van der Waals surface area contributed by atoms with E-state index in [4.69, 9.17) is 16.3 Å². The molecular formula is C22H22Br2ClNO2S. The van der Waals surface area contributed by atoms with Gasteiger partial charge in [-0.1, -0.05) is 34.5 Å². The molecule has 29 heavy (non-hydrogen) atoms. The van der Waals surface area contributed by atoms with Crippen LogP contribution < -0.4 is 4.74 Å². The van der Waals surface area contributed by atoms with E-state index in [0.29, 0.717) is 35.4 Å². The number of piperidine rings is 1. The molecular weight excluding hydrogens is 538 g/mol. The number of ether oxygens (including phenoxy) is 1. The van der Waals surface area contributed by atoms with Crippen LogP contribution in [-0.4, -0.2) is 41.7 Å². The molecule has 2 atom stereocenters. The van der Waals surface area contributed by atoms with Gasteiger partial charge in [-0.05, 0) is 77.6 Å². The average molecular weight is 560 g/mol. The standard InChI is InChI=1S/C22H22Br2ClNO2S/c1-14-3-2-8-26(11-14)12-22(29-17-6-4-16(25)5-7-17)13-28-20-18(21(22)27)9-15(23)10-19(20)24/h4-7,9-10,14H,2-3,8,11-13H2,1H3. The molecule has 2 aliphatic rings. The van der Waals surface area contributed by atoms with Gasteiger partial charge in [0.15, 0.2) is 5.78 Å². The smallest absolute Gasteiger partial charge is 0.187 e. The molecule has 0 amide bonds. The number of benzene rings is 2. The number of ketones is 1. The molecule has 0 aromatic heterocycles. The lowest BCUT2D eigenvalue weighted by molar-refractivity contribution is 0.0785. The van der Waals surface area contributed by atoms with E-state index in [2.05, 4.69) is 43.7 Å². The maximum atomic E-state index is 13.9. The van der Waals surface area contributed by atoms with Gasteiger partial charge in [-0.25, -0.2) is 0 Å². The van der Waals surface area contributed by atoms with Crippen molar-refractivity contribution in [3.8, 4) is 5.75 Å². The molecule has 0 radical (unpaired) electrons. The van der Waals surface area contributed by atoms with E-state index >= 15 is 0 Å². The first-order valence-corrected chi connectivity index (χ1v) is 12.5. The molecule has 0 spiro atoms. The van der Waals surface area contributed by atoms with Crippen LogP contribution in [0.5, 0.6) is 5.75 Å². The summed E-state index contributed by atoms with van der Waals surface area (Å²) in [4.78, 5) is 17.3. The summed E-state index contributed by atoms with van der Waals surface area (Å²) < 4.78 is 7.16. The highest BCUT2D eigenvalue weighted by atomic mass is 79.9. The quantitative estimate of drug-likeness (QED) is 0.417. The Morgan fingerprint density at radius 1 is 1.28 bits per heavy atom. The van der Waals surface area contributed by atoms with Gasteiger partial charge in [0, 0.05) is 27.5 Å². The molecule has 0 aliphatic carbocycles. The summed E-state index contributed by atoms with van der Waals surface area (Å²) in [5, 5.41) is 0.692. The molecule has 0 saturated carbocycles. The van der Waals surface area contributed by atoms with Gasteiger partial charge in [-0.3, -0.25) is 4.79 Å². The lowest BCUT2D eigenvalue weighted by atomic mass is 9.92. The van der Waals surface area contributed by atoms with E-state index < -0.39 is 4.75 Å². The zero-order valence-electron chi connectivity index (χ0n) is 16.1. The molecule has 154 valence electrons. The minimum absolute atomic E-state index is 0.124. The van der Waals surface area contributed by atoms with Crippen molar-refractivity contribution in [2.75, 3.05) is 26.2 Å². The van der Waals surface area contributed by atoms with E-state index in [1.54, 1.807) is 11.8 Å². The Morgan fingerprint density at radius 3 is 2.76 bits per heavy atom. The summed E-state index contributed by atoms with van der Waals surface area (Å²) in [6.45, 7) is 5.35. The van der Waals surface area contributed by atoms with Gasteiger partial charge in [0.1, 0.15) is 17.1 Å². The van der Waals surface area contributed by atoms with Gasteiger partial charge in [0.25, 0.3) is 0 Å². The van der Waals surface area contributed by atoms with Crippen LogP contribution in [0.3, 0.4) is 0 Å². The Hall–Kier alpha value is -0.530. The van der Waals surface area contributed by atoms with Crippen molar-refractivity contribution in [1.29, 1.82) is 0 Å². The third kappa shape index (κ3) is 4.72. The van der Waals surface area contributed by atoms with Crippen molar-refractivity contribution in [3.05, 3.63) is 55.9 Å². The van der Waals surface area contributed by atoms with Crippen molar-refractivity contribution in [2.45, 2.75) is 29.4 Å². The molecule has 2 heterocycles. The first-order chi connectivity index (χ1) is 13.9. The van der Waals surface area contributed by atoms with Gasteiger partial charge in [0.2, 0.25) is 0 Å². The Morgan fingerprint density at radius 2 is 2.03 bits per heavy atom. The molecule has 3 nitrogen and oxygen atoms in total. The normalized spacial score (nSPS) is 24.8. The number of Topliss-reactive ketones (excluding diaryl/α,β-unsaturated/α-hetero) is 1. The fourth-order valence-corrected chi connectivity index (χ4v) is 6.88. The topological polar surface area (TPSA) is 29.5 Å². The maximum Gasteiger partial charge on any atom is 0.187 e. The van der Waals surface area contributed by atoms with Gasteiger partial charge in [-0.2, -0.15) is 0 Å². The number of hydrogen-bond donors (Lipinski definition) is 0. The van der Waals surface area contributed by atoms with Crippen molar-refractivity contribution in [1.82, 2.24) is 4.90 Å². The molecule has 0 N–H and O–H groups in total. The molecule has 1 fully saturated rings. The predicted molar refractivity (Wildman–Crippen MR) is 127 cm³/mol. The van der Waals surface area contributed by atoms with Crippen molar-refractivity contribution >= 4 is 61.0 Å². The van der Waals surface area contributed by atoms with Crippen LogP contribution in [0.2, 0.25) is 5.02 Å². The average Bonchev–Trinajstić information content (AvgIpc) is 2.67. The van der Waals surface area contributed by atoms with Crippen LogP contribution >= 0.6 is 55.2 Å². The van der Waals surface area contributed by atoms with E-state index in [1.165, 1.54) is 12.8 Å². The number of carbonyl (C=O) groups excluding carboxylic acids is 1. The first-order valence-electron chi connectivity index (χ1n) is 9.70. The maximum absolute atomic E-state index is 13.9. The summed E-state index contributed by atoms with van der Waals surface area (Å²) >= 11 is 14.7. The molecule has 4 rings (SSSR count). The number of likely N-dealkylation sites (tertiary alicyclic amines) is 1. The summed E-state index contributed by atoms with van der Waals surface area (Å²) in [5.74, 6) is 1.41. The number of rotatable bonds is 4. The largest absolute Gasteiger partial charge is 0.490 e. The minimum Gasteiger partial charge on any atom is -0.490 e. The second-order valence-electron chi connectivity index (χ2n) is 7.91. The van der Waals surface area contributed by atoms with Gasteiger partial charge < -0.3 is 9.64 Å². The zero-order chi connectivity index (χ0) is 20.6. The minimum atomic E-state index is -0.696. The number of fused-ring (bicyclic) bond motifs is 1. The highest BCUT2D eigenvalue weighted by Gasteiger charge is 2.47. The van der Waals surface area contributed by atoms with Crippen molar-refractivity contribution in [2.24, 2.45) is 5.92 Å². The number of carbonyl (C=O) groups is 1. The van der Waals surface area contributed by atoms with Crippen LogP contribution in [0.15, 0.2) is 50.2 Å². The fourth-order valence-electron chi connectivity index (χ4n) is 4.12.